The molecule has 0 saturated heterocycles. The number of likely N-dealkylation sites (N-methyl/N-ethyl adjacent to an activating group) is 1. The highest BCUT2D eigenvalue weighted by Crippen LogP contribution is 2.28. The van der Waals surface area contributed by atoms with Crippen LogP contribution in [0.4, 0.5) is 0 Å². The van der Waals surface area contributed by atoms with Crippen molar-refractivity contribution in [1.82, 2.24) is 10.2 Å². The summed E-state index contributed by atoms with van der Waals surface area (Å²) in [6.07, 6.45) is 4.28. The van der Waals surface area contributed by atoms with Gasteiger partial charge in [0.1, 0.15) is 0 Å². The number of amides is 1. The molecule has 5 heteroatoms. The van der Waals surface area contributed by atoms with Crippen molar-refractivity contribution in [3.05, 3.63) is 33.5 Å². The molecular weight excluding hydrogens is 268 g/mol. The molecular formula is C13H19ClN2OS. The van der Waals surface area contributed by atoms with Crippen molar-refractivity contribution in [2.45, 2.75) is 19.4 Å². The number of nitrogens with one attached hydrogen (secondary N) is 1. The van der Waals surface area contributed by atoms with E-state index in [1.54, 1.807) is 6.08 Å². The fourth-order valence-electron chi connectivity index (χ4n) is 1.48. The average Bonchev–Trinajstić information content (AvgIpc) is 2.72. The van der Waals surface area contributed by atoms with E-state index in [0.29, 0.717) is 0 Å². The molecule has 1 rings (SSSR count). The van der Waals surface area contributed by atoms with Crippen LogP contribution in [0.5, 0.6) is 0 Å². The first-order valence-electron chi connectivity index (χ1n) is 5.90. The lowest BCUT2D eigenvalue weighted by Crippen LogP contribution is -2.26. The molecule has 100 valence electrons. The molecule has 0 aromatic carbocycles. The molecule has 0 spiro atoms. The van der Waals surface area contributed by atoms with E-state index in [4.69, 9.17) is 11.6 Å². The maximum absolute atomic E-state index is 11.7. The summed E-state index contributed by atoms with van der Waals surface area (Å²) in [5, 5.41) is 2.98. The Bertz CT molecular complexity index is 415. The molecule has 1 amide bonds. The molecule has 18 heavy (non-hydrogen) atoms. The van der Waals surface area contributed by atoms with Gasteiger partial charge in [-0.3, -0.25) is 4.79 Å². The summed E-state index contributed by atoms with van der Waals surface area (Å²) >= 11 is 7.41. The van der Waals surface area contributed by atoms with Crippen LogP contribution in [-0.2, 0) is 4.79 Å². The van der Waals surface area contributed by atoms with E-state index in [2.05, 4.69) is 5.32 Å². The second kappa shape index (κ2) is 7.56. The zero-order chi connectivity index (χ0) is 13.5. The van der Waals surface area contributed by atoms with Crippen molar-refractivity contribution in [3.63, 3.8) is 0 Å². The number of hydrogen-bond donors (Lipinski definition) is 1. The van der Waals surface area contributed by atoms with Crippen LogP contribution < -0.4 is 5.32 Å². The fraction of sp³-hybridized carbons (Fsp3) is 0.462. The SMILES string of the molecule is CCC(NC(=O)/C=C/CN(C)C)c1ccc(Cl)s1. The highest BCUT2D eigenvalue weighted by Gasteiger charge is 2.13. The number of hydrogen-bond acceptors (Lipinski definition) is 3. The van der Waals surface area contributed by atoms with Gasteiger partial charge in [0.15, 0.2) is 0 Å². The molecule has 0 aliphatic rings. The van der Waals surface area contributed by atoms with E-state index in [9.17, 15) is 4.79 Å². The predicted molar refractivity (Wildman–Crippen MR) is 78.2 cm³/mol. The van der Waals surface area contributed by atoms with Gasteiger partial charge < -0.3 is 10.2 Å². The second-order valence-corrected chi connectivity index (χ2v) is 6.02. The summed E-state index contributed by atoms with van der Waals surface area (Å²) in [4.78, 5) is 14.8. The van der Waals surface area contributed by atoms with Crippen LogP contribution in [0.15, 0.2) is 24.3 Å². The van der Waals surface area contributed by atoms with Crippen molar-refractivity contribution in [2.24, 2.45) is 0 Å². The van der Waals surface area contributed by atoms with Crippen LogP contribution in [0.2, 0.25) is 4.34 Å². The zero-order valence-electron chi connectivity index (χ0n) is 10.9. The van der Waals surface area contributed by atoms with Gasteiger partial charge in [-0.05, 0) is 32.6 Å². The van der Waals surface area contributed by atoms with Crippen LogP contribution in [0.1, 0.15) is 24.3 Å². The third-order valence-electron chi connectivity index (χ3n) is 2.40. The van der Waals surface area contributed by atoms with E-state index in [1.165, 1.54) is 11.3 Å². The topological polar surface area (TPSA) is 32.3 Å². The van der Waals surface area contributed by atoms with Crippen molar-refractivity contribution in [1.29, 1.82) is 0 Å². The van der Waals surface area contributed by atoms with Gasteiger partial charge in [-0.1, -0.05) is 24.6 Å². The molecule has 0 aliphatic heterocycles. The molecule has 0 aliphatic carbocycles. The molecule has 0 radical (unpaired) electrons. The summed E-state index contributed by atoms with van der Waals surface area (Å²) in [5.41, 5.74) is 0. The van der Waals surface area contributed by atoms with E-state index in [1.807, 2.05) is 44.1 Å². The number of carbonyl (C=O) groups excluding carboxylic acids is 1. The van der Waals surface area contributed by atoms with E-state index < -0.39 is 0 Å². The fourth-order valence-corrected chi connectivity index (χ4v) is 2.68. The summed E-state index contributed by atoms with van der Waals surface area (Å²) in [6.45, 7) is 2.80. The van der Waals surface area contributed by atoms with Crippen molar-refractivity contribution in [2.75, 3.05) is 20.6 Å². The third-order valence-corrected chi connectivity index (χ3v) is 3.75. The Labute approximate surface area is 117 Å². The standard InChI is InChI=1S/C13H19ClN2OS/c1-4-10(11-7-8-12(14)18-11)15-13(17)6-5-9-16(2)3/h5-8,10H,4,9H2,1-3H3,(H,15,17)/b6-5+. The normalized spacial score (nSPS) is 13.2. The highest BCUT2D eigenvalue weighted by molar-refractivity contribution is 7.16. The molecule has 1 heterocycles. The number of thiophene rings is 1. The lowest BCUT2D eigenvalue weighted by molar-refractivity contribution is -0.117. The predicted octanol–water partition coefficient (Wildman–Crippen LogP) is 3.09. The first-order valence-corrected chi connectivity index (χ1v) is 7.09. The van der Waals surface area contributed by atoms with Gasteiger partial charge in [0.25, 0.3) is 0 Å². The lowest BCUT2D eigenvalue weighted by Gasteiger charge is -2.14. The second-order valence-electron chi connectivity index (χ2n) is 4.28. The van der Waals surface area contributed by atoms with Gasteiger partial charge >= 0.3 is 0 Å². The van der Waals surface area contributed by atoms with Crippen LogP contribution in [0.25, 0.3) is 0 Å². The molecule has 1 aromatic rings. The maximum Gasteiger partial charge on any atom is 0.244 e. The van der Waals surface area contributed by atoms with Crippen molar-refractivity contribution < 1.29 is 4.79 Å². The van der Waals surface area contributed by atoms with Crippen molar-refractivity contribution >= 4 is 28.8 Å². The molecule has 1 N–H and O–H groups in total. The van der Waals surface area contributed by atoms with E-state index >= 15 is 0 Å². The molecule has 0 bridgehead atoms. The Kier molecular flexibility index (Phi) is 6.39. The number of carbonyl (C=O) groups is 1. The largest absolute Gasteiger partial charge is 0.345 e. The van der Waals surface area contributed by atoms with Gasteiger partial charge in [0.2, 0.25) is 5.91 Å². The Morgan fingerprint density at radius 3 is 2.78 bits per heavy atom. The average molecular weight is 287 g/mol. The smallest absolute Gasteiger partial charge is 0.244 e. The van der Waals surface area contributed by atoms with Crippen LogP contribution in [-0.4, -0.2) is 31.4 Å². The minimum absolute atomic E-state index is 0.0407. The molecule has 0 saturated carbocycles. The quantitative estimate of drug-likeness (QED) is 0.815. The monoisotopic (exact) mass is 286 g/mol. The van der Waals surface area contributed by atoms with Crippen LogP contribution in [0, 0.1) is 0 Å². The Morgan fingerprint density at radius 2 is 2.28 bits per heavy atom. The zero-order valence-corrected chi connectivity index (χ0v) is 12.5. The van der Waals surface area contributed by atoms with E-state index in [-0.39, 0.29) is 11.9 Å². The molecule has 3 nitrogen and oxygen atoms in total. The Hall–Kier alpha value is -0.840. The number of halogens is 1. The van der Waals surface area contributed by atoms with Crippen molar-refractivity contribution in [3.8, 4) is 0 Å². The molecule has 1 aromatic heterocycles. The Morgan fingerprint density at radius 1 is 1.56 bits per heavy atom. The van der Waals surface area contributed by atoms with Crippen LogP contribution >= 0.6 is 22.9 Å². The summed E-state index contributed by atoms with van der Waals surface area (Å²) in [6, 6.07) is 3.86. The number of nitrogens with zero attached hydrogens (tertiary/aromatic N) is 1. The first kappa shape index (κ1) is 15.2. The maximum atomic E-state index is 11.7. The minimum Gasteiger partial charge on any atom is -0.345 e. The summed E-state index contributed by atoms with van der Waals surface area (Å²) in [7, 11) is 3.93. The van der Waals surface area contributed by atoms with Gasteiger partial charge in [-0.2, -0.15) is 0 Å². The minimum atomic E-state index is -0.0618. The summed E-state index contributed by atoms with van der Waals surface area (Å²) < 4.78 is 0.751. The third kappa shape index (κ3) is 5.21. The summed E-state index contributed by atoms with van der Waals surface area (Å²) in [5.74, 6) is -0.0618. The van der Waals surface area contributed by atoms with E-state index in [0.717, 1.165) is 22.2 Å². The first-order chi connectivity index (χ1) is 8.52. The van der Waals surface area contributed by atoms with Crippen LogP contribution in [0.3, 0.4) is 0 Å². The molecule has 1 unspecified atom stereocenters. The number of rotatable bonds is 6. The molecule has 1 atom stereocenters. The lowest BCUT2D eigenvalue weighted by atomic mass is 10.2. The van der Waals surface area contributed by atoms with Gasteiger partial charge in [0, 0.05) is 17.5 Å². The van der Waals surface area contributed by atoms with Gasteiger partial charge in [0.05, 0.1) is 10.4 Å². The van der Waals surface area contributed by atoms with Gasteiger partial charge in [-0.25, -0.2) is 0 Å². The molecule has 0 fully saturated rings. The highest BCUT2D eigenvalue weighted by atomic mass is 35.5. The van der Waals surface area contributed by atoms with Gasteiger partial charge in [-0.15, -0.1) is 11.3 Å². The Balaban J connectivity index is 2.53.